The summed E-state index contributed by atoms with van der Waals surface area (Å²) in [6, 6.07) is 0. The molecule has 0 saturated carbocycles. The van der Waals surface area contributed by atoms with Crippen LogP contribution in [0.5, 0.6) is 0 Å². The van der Waals surface area contributed by atoms with Crippen molar-refractivity contribution in [1.29, 1.82) is 0 Å². The first kappa shape index (κ1) is 11.5. The van der Waals surface area contributed by atoms with Gasteiger partial charge in [-0.1, -0.05) is 0 Å². The van der Waals surface area contributed by atoms with Crippen LogP contribution >= 0.6 is 0 Å². The van der Waals surface area contributed by atoms with Gasteiger partial charge in [0.05, 0.1) is 5.70 Å². The lowest BCUT2D eigenvalue weighted by Crippen LogP contribution is -2.32. The molecule has 0 atom stereocenters. The van der Waals surface area contributed by atoms with E-state index < -0.39 is 11.5 Å². The highest BCUT2D eigenvalue weighted by Gasteiger charge is 2.23. The van der Waals surface area contributed by atoms with Crippen LogP contribution < -0.4 is 5.32 Å². The van der Waals surface area contributed by atoms with Gasteiger partial charge in [0.2, 0.25) is 5.78 Å². The third-order valence-electron chi connectivity index (χ3n) is 2.13. The van der Waals surface area contributed by atoms with Gasteiger partial charge in [-0.25, -0.2) is 0 Å². The summed E-state index contributed by atoms with van der Waals surface area (Å²) in [5.41, 5.74) is 0.232. The van der Waals surface area contributed by atoms with Crippen LogP contribution in [-0.2, 0) is 9.59 Å². The lowest BCUT2D eigenvalue weighted by Gasteiger charge is -2.22. The summed E-state index contributed by atoms with van der Waals surface area (Å²) in [4.78, 5) is 24.2. The van der Waals surface area contributed by atoms with Crippen molar-refractivity contribution in [3.63, 3.8) is 0 Å². The normalized spacial score (nSPS) is 16.1. The van der Waals surface area contributed by atoms with Crippen LogP contribution in [0, 0.1) is 0 Å². The summed E-state index contributed by atoms with van der Waals surface area (Å²) in [5, 5.41) is 12.1. The van der Waals surface area contributed by atoms with Gasteiger partial charge in [-0.3, -0.25) is 9.59 Å². The van der Waals surface area contributed by atoms with Crippen molar-refractivity contribution in [3.05, 3.63) is 23.6 Å². The second kappa shape index (κ2) is 4.75. The van der Waals surface area contributed by atoms with E-state index in [2.05, 4.69) is 5.32 Å². The molecule has 0 unspecified atom stereocenters. The largest absolute Gasteiger partial charge is 0.504 e. The number of nitrogens with one attached hydrogen (secondary N) is 1. The van der Waals surface area contributed by atoms with E-state index in [9.17, 15) is 14.7 Å². The monoisotopic (exact) mass is 210 g/mol. The SMILES string of the molecule is CNCCN(C)C1=CC(=O)C=C(O)C1=O. The Balaban J connectivity index is 2.77. The number of hydrogen-bond donors (Lipinski definition) is 2. The van der Waals surface area contributed by atoms with E-state index in [4.69, 9.17) is 0 Å². The molecule has 0 heterocycles. The number of nitrogens with zero attached hydrogens (tertiary/aromatic N) is 1. The highest BCUT2D eigenvalue weighted by atomic mass is 16.3. The minimum Gasteiger partial charge on any atom is -0.504 e. The van der Waals surface area contributed by atoms with Gasteiger partial charge in [0.25, 0.3) is 0 Å². The van der Waals surface area contributed by atoms with Gasteiger partial charge in [0.1, 0.15) is 0 Å². The van der Waals surface area contributed by atoms with Crippen molar-refractivity contribution in [3.8, 4) is 0 Å². The summed E-state index contributed by atoms with van der Waals surface area (Å²) in [6.45, 7) is 1.29. The highest BCUT2D eigenvalue weighted by molar-refractivity contribution is 6.18. The molecule has 0 amide bonds. The summed E-state index contributed by atoms with van der Waals surface area (Å²) < 4.78 is 0. The van der Waals surface area contributed by atoms with Gasteiger partial charge in [-0.2, -0.15) is 0 Å². The molecule has 0 bridgehead atoms. The Hall–Kier alpha value is -1.62. The standard InChI is InChI=1S/C10H14N2O3/c1-11-3-4-12(2)8-5-7(13)6-9(14)10(8)15/h5-6,11,14H,3-4H2,1-2H3. The Morgan fingerprint density at radius 3 is 2.67 bits per heavy atom. The van der Waals surface area contributed by atoms with Crippen molar-refractivity contribution >= 4 is 11.6 Å². The quantitative estimate of drug-likeness (QED) is 0.619. The van der Waals surface area contributed by atoms with Crippen LogP contribution in [-0.4, -0.2) is 48.8 Å². The van der Waals surface area contributed by atoms with Crippen LogP contribution in [0.4, 0.5) is 0 Å². The van der Waals surface area contributed by atoms with Gasteiger partial charge >= 0.3 is 0 Å². The van der Waals surface area contributed by atoms with E-state index in [0.717, 1.165) is 6.08 Å². The molecule has 0 aromatic rings. The Bertz CT molecular complexity index is 345. The fourth-order valence-corrected chi connectivity index (χ4v) is 1.26. The van der Waals surface area contributed by atoms with Gasteiger partial charge in [0.15, 0.2) is 11.5 Å². The molecule has 1 rings (SSSR count). The molecule has 2 N–H and O–H groups in total. The maximum Gasteiger partial charge on any atom is 0.243 e. The average molecular weight is 210 g/mol. The molecule has 5 heteroatoms. The molecule has 0 aliphatic heterocycles. The van der Waals surface area contributed by atoms with Gasteiger partial charge < -0.3 is 15.3 Å². The molecule has 5 nitrogen and oxygen atoms in total. The summed E-state index contributed by atoms with van der Waals surface area (Å²) >= 11 is 0. The lowest BCUT2D eigenvalue weighted by atomic mass is 10.1. The third kappa shape index (κ3) is 2.66. The van der Waals surface area contributed by atoms with Gasteiger partial charge in [0, 0.05) is 32.3 Å². The predicted molar refractivity (Wildman–Crippen MR) is 55.4 cm³/mol. The number of aliphatic hydroxyl groups excluding tert-OH is 1. The molecule has 0 saturated heterocycles. The number of carbonyl (C=O) groups excluding carboxylic acids is 2. The van der Waals surface area contributed by atoms with Crippen LogP contribution in [0.25, 0.3) is 0 Å². The molecule has 1 aliphatic carbocycles. The smallest absolute Gasteiger partial charge is 0.243 e. The number of rotatable bonds is 4. The average Bonchev–Trinajstić information content (AvgIpc) is 2.19. The Labute approximate surface area is 88.1 Å². The molecule has 0 aromatic carbocycles. The number of carbonyl (C=O) groups is 2. The molecular formula is C10H14N2O3. The van der Waals surface area contributed by atoms with E-state index >= 15 is 0 Å². The Morgan fingerprint density at radius 2 is 2.07 bits per heavy atom. The molecule has 15 heavy (non-hydrogen) atoms. The maximum atomic E-state index is 11.5. The second-order valence-electron chi connectivity index (χ2n) is 3.32. The van der Waals surface area contributed by atoms with E-state index in [1.54, 1.807) is 19.0 Å². The topological polar surface area (TPSA) is 69.6 Å². The van der Waals surface area contributed by atoms with Crippen molar-refractivity contribution in [2.75, 3.05) is 27.2 Å². The minimum atomic E-state index is -0.506. The number of likely N-dealkylation sites (N-methyl/N-ethyl adjacent to an activating group) is 2. The number of Topliss-reactive ketones (excluding diaryl/α,β-unsaturated/α-hetero) is 1. The molecular weight excluding hydrogens is 196 g/mol. The van der Waals surface area contributed by atoms with E-state index in [0.29, 0.717) is 13.1 Å². The third-order valence-corrected chi connectivity index (χ3v) is 2.13. The fourth-order valence-electron chi connectivity index (χ4n) is 1.26. The Morgan fingerprint density at radius 1 is 1.40 bits per heavy atom. The molecule has 82 valence electrons. The number of allylic oxidation sites excluding steroid dienone is 2. The van der Waals surface area contributed by atoms with Crippen LogP contribution in [0.2, 0.25) is 0 Å². The van der Waals surface area contributed by atoms with Crippen LogP contribution in [0.3, 0.4) is 0 Å². The van der Waals surface area contributed by atoms with Crippen molar-refractivity contribution in [1.82, 2.24) is 10.2 Å². The fraction of sp³-hybridized carbons (Fsp3) is 0.400. The summed E-state index contributed by atoms with van der Waals surface area (Å²) in [5.74, 6) is -1.36. The van der Waals surface area contributed by atoms with Crippen LogP contribution in [0.15, 0.2) is 23.6 Å². The van der Waals surface area contributed by atoms with E-state index in [1.165, 1.54) is 6.08 Å². The molecule has 0 spiro atoms. The second-order valence-corrected chi connectivity index (χ2v) is 3.32. The molecule has 0 aromatic heterocycles. The first-order chi connectivity index (χ1) is 7.06. The number of ketones is 2. The summed E-state index contributed by atoms with van der Waals surface area (Å²) in [6.07, 6.45) is 2.16. The summed E-state index contributed by atoms with van der Waals surface area (Å²) in [7, 11) is 3.50. The van der Waals surface area contributed by atoms with Crippen LogP contribution in [0.1, 0.15) is 0 Å². The van der Waals surface area contributed by atoms with Gasteiger partial charge in [-0.05, 0) is 7.05 Å². The minimum absolute atomic E-state index is 0.232. The van der Waals surface area contributed by atoms with Crippen molar-refractivity contribution < 1.29 is 14.7 Å². The molecule has 0 fully saturated rings. The zero-order chi connectivity index (χ0) is 11.4. The highest BCUT2D eigenvalue weighted by Crippen LogP contribution is 2.13. The molecule has 1 aliphatic rings. The zero-order valence-electron chi connectivity index (χ0n) is 8.78. The Kier molecular flexibility index (Phi) is 3.62. The lowest BCUT2D eigenvalue weighted by molar-refractivity contribution is -0.118. The van der Waals surface area contributed by atoms with Crippen molar-refractivity contribution in [2.24, 2.45) is 0 Å². The van der Waals surface area contributed by atoms with E-state index in [-0.39, 0.29) is 11.5 Å². The predicted octanol–water partition coefficient (Wildman–Crippen LogP) is -0.385. The first-order valence-corrected chi connectivity index (χ1v) is 4.63. The van der Waals surface area contributed by atoms with E-state index in [1.807, 2.05) is 0 Å². The van der Waals surface area contributed by atoms with Gasteiger partial charge in [-0.15, -0.1) is 0 Å². The number of hydrogen-bond acceptors (Lipinski definition) is 5. The first-order valence-electron chi connectivity index (χ1n) is 4.63. The maximum absolute atomic E-state index is 11.5. The molecule has 0 radical (unpaired) electrons. The van der Waals surface area contributed by atoms with Crippen molar-refractivity contribution in [2.45, 2.75) is 0 Å². The zero-order valence-corrected chi connectivity index (χ0v) is 8.78. The number of aliphatic hydroxyl groups is 1.